The summed E-state index contributed by atoms with van der Waals surface area (Å²) in [6.45, 7) is 3.56. The van der Waals surface area contributed by atoms with Crippen LogP contribution >= 0.6 is 0 Å². The highest BCUT2D eigenvalue weighted by molar-refractivity contribution is 5.76. The standard InChI is InChI=1S/C45H78N4O16/c1-3-5-7-9-11-13-15-17-19-21-30(52)46-33-37(57)35(55)28(25-27(51)41-39(59)40(60)42(64-41)49-24-23-32(54)48-45(49)61)62-43(33)65-44-34(38(58)36(56)29(26-50)63-44)47-31(53)22-20-18-16-14-12-10-8-6-4-2/h23-24,27-29,33-44,50-51,55-60H,3-22,25-26H2,1-2H3,(H,46,52)(H,47,53)(H,48,54,61)/t27-,28?,29+,33-,34?,35?,36-,37?,38?,39+,40-,41-,42-,43+,44?/m1/s1. The summed E-state index contributed by atoms with van der Waals surface area (Å²) in [7, 11) is 0. The Labute approximate surface area is 381 Å². The molecule has 15 atom stereocenters. The number of aliphatic hydroxyl groups is 8. The quantitative estimate of drug-likeness (QED) is 0.0491. The molecule has 0 saturated carbocycles. The molecule has 3 fully saturated rings. The molecule has 0 aliphatic carbocycles. The minimum atomic E-state index is -1.82. The molecule has 3 aliphatic rings. The molecule has 3 saturated heterocycles. The lowest BCUT2D eigenvalue weighted by atomic mass is 9.91. The summed E-state index contributed by atoms with van der Waals surface area (Å²) in [4.78, 5) is 52.7. The summed E-state index contributed by atoms with van der Waals surface area (Å²) >= 11 is 0. The van der Waals surface area contributed by atoms with Gasteiger partial charge in [0, 0.05) is 31.5 Å². The molecule has 4 rings (SSSR count). The van der Waals surface area contributed by atoms with E-state index in [2.05, 4.69) is 24.5 Å². The highest BCUT2D eigenvalue weighted by atomic mass is 16.8. The number of hydrogen-bond donors (Lipinski definition) is 11. The van der Waals surface area contributed by atoms with E-state index in [9.17, 15) is 60.0 Å². The van der Waals surface area contributed by atoms with Gasteiger partial charge in [-0.2, -0.15) is 0 Å². The van der Waals surface area contributed by atoms with Crippen LogP contribution in [-0.2, 0) is 28.5 Å². The molecule has 65 heavy (non-hydrogen) atoms. The van der Waals surface area contributed by atoms with Crippen molar-refractivity contribution in [1.29, 1.82) is 0 Å². The minimum absolute atomic E-state index is 0.0672. The number of amides is 2. The predicted octanol–water partition coefficient (Wildman–Crippen LogP) is 0.621. The molecule has 3 aliphatic heterocycles. The maximum Gasteiger partial charge on any atom is 0.330 e. The van der Waals surface area contributed by atoms with Gasteiger partial charge in [-0.05, 0) is 12.8 Å². The predicted molar refractivity (Wildman–Crippen MR) is 235 cm³/mol. The van der Waals surface area contributed by atoms with Crippen LogP contribution in [0.3, 0.4) is 0 Å². The fourth-order valence-corrected chi connectivity index (χ4v) is 8.82. The van der Waals surface area contributed by atoms with Gasteiger partial charge in [0.15, 0.2) is 18.8 Å². The smallest absolute Gasteiger partial charge is 0.330 e. The van der Waals surface area contributed by atoms with E-state index in [0.29, 0.717) is 12.8 Å². The molecule has 0 spiro atoms. The summed E-state index contributed by atoms with van der Waals surface area (Å²) in [5, 5.41) is 93.4. The van der Waals surface area contributed by atoms with E-state index in [1.807, 2.05) is 4.98 Å². The largest absolute Gasteiger partial charge is 0.394 e. The molecular weight excluding hydrogens is 853 g/mol. The molecule has 20 nitrogen and oxygen atoms in total. The van der Waals surface area contributed by atoms with Crippen LogP contribution in [0.5, 0.6) is 0 Å². The third kappa shape index (κ3) is 16.4. The van der Waals surface area contributed by atoms with Gasteiger partial charge in [0.1, 0.15) is 60.9 Å². The van der Waals surface area contributed by atoms with Gasteiger partial charge in [0.2, 0.25) is 11.8 Å². The molecule has 2 amide bonds. The fraction of sp³-hybridized carbons (Fsp3) is 0.867. The molecule has 0 bridgehead atoms. The summed E-state index contributed by atoms with van der Waals surface area (Å²) in [6.07, 6.45) is -2.66. The normalized spacial score (nSPS) is 32.0. The average molecular weight is 931 g/mol. The Morgan fingerprint density at radius 3 is 1.55 bits per heavy atom. The van der Waals surface area contributed by atoms with E-state index < -0.39 is 128 Å². The molecule has 1 aromatic rings. The van der Waals surface area contributed by atoms with Crippen molar-refractivity contribution in [3.05, 3.63) is 33.1 Å². The van der Waals surface area contributed by atoms with Gasteiger partial charge in [-0.15, -0.1) is 0 Å². The van der Waals surface area contributed by atoms with E-state index in [0.717, 1.165) is 81.0 Å². The first-order chi connectivity index (χ1) is 31.2. The fourth-order valence-electron chi connectivity index (χ4n) is 8.82. The van der Waals surface area contributed by atoms with Crippen LogP contribution in [0, 0.1) is 0 Å². The third-order valence-electron chi connectivity index (χ3n) is 12.8. The molecule has 0 aromatic carbocycles. The second kappa shape index (κ2) is 28.5. The van der Waals surface area contributed by atoms with E-state index in [-0.39, 0.29) is 12.8 Å². The van der Waals surface area contributed by atoms with E-state index in [4.69, 9.17) is 18.9 Å². The SMILES string of the molecule is CCCCCCCCCCCC(=O)NC1C(O[C@@H]2OC(C[C@@H](O)[C@H]3O[C@@H](n4ccc(=O)[nH]c4=O)[C@H](O)[C@@H]3O)C(O)C(O)[C@H]2NC(=O)CCCCCCCCCCC)O[C@@H](CO)[C@@H](O)C1O. The molecule has 374 valence electrons. The van der Waals surface area contributed by atoms with E-state index in [1.54, 1.807) is 0 Å². The highest BCUT2D eigenvalue weighted by Gasteiger charge is 2.53. The third-order valence-corrected chi connectivity index (χ3v) is 12.8. The van der Waals surface area contributed by atoms with Crippen LogP contribution in [0.2, 0.25) is 0 Å². The number of ether oxygens (including phenoxy) is 4. The van der Waals surface area contributed by atoms with Crippen molar-refractivity contribution in [3.63, 3.8) is 0 Å². The zero-order valence-corrected chi connectivity index (χ0v) is 38.2. The Balaban J connectivity index is 1.48. The van der Waals surface area contributed by atoms with E-state index in [1.165, 1.54) is 38.5 Å². The first-order valence-corrected chi connectivity index (χ1v) is 24.1. The number of aliphatic hydroxyl groups excluding tert-OH is 8. The topological polar surface area (TPSA) is 312 Å². The molecule has 1 aromatic heterocycles. The number of nitrogens with zero attached hydrogens (tertiary/aromatic N) is 1. The van der Waals surface area contributed by atoms with Crippen LogP contribution in [0.4, 0.5) is 0 Å². The van der Waals surface area contributed by atoms with Crippen molar-refractivity contribution in [1.82, 2.24) is 20.2 Å². The molecular formula is C45H78N4O16. The van der Waals surface area contributed by atoms with Gasteiger partial charge in [0.05, 0.1) is 18.8 Å². The Morgan fingerprint density at radius 2 is 1.09 bits per heavy atom. The zero-order valence-electron chi connectivity index (χ0n) is 38.2. The number of aromatic nitrogens is 2. The first-order valence-electron chi connectivity index (χ1n) is 24.1. The van der Waals surface area contributed by atoms with Gasteiger partial charge in [0.25, 0.3) is 5.56 Å². The maximum atomic E-state index is 13.4. The molecule has 20 heteroatoms. The number of rotatable bonds is 29. The first kappa shape index (κ1) is 54.7. The van der Waals surface area contributed by atoms with Crippen molar-refractivity contribution < 1.29 is 69.4 Å². The minimum Gasteiger partial charge on any atom is -0.394 e. The van der Waals surface area contributed by atoms with Gasteiger partial charge in [-0.25, -0.2) is 4.79 Å². The Morgan fingerprint density at radius 1 is 0.646 bits per heavy atom. The summed E-state index contributed by atoms with van der Waals surface area (Å²) in [5.74, 6) is -0.977. The second-order valence-corrected chi connectivity index (χ2v) is 18.0. The molecule has 6 unspecified atom stereocenters. The van der Waals surface area contributed by atoms with Crippen molar-refractivity contribution in [2.45, 2.75) is 241 Å². The molecule has 11 N–H and O–H groups in total. The monoisotopic (exact) mass is 931 g/mol. The summed E-state index contributed by atoms with van der Waals surface area (Å²) < 4.78 is 24.7. The second-order valence-electron chi connectivity index (χ2n) is 18.0. The van der Waals surface area contributed by atoms with Crippen LogP contribution in [0.1, 0.15) is 155 Å². The van der Waals surface area contributed by atoms with Crippen molar-refractivity contribution in [2.24, 2.45) is 0 Å². The lowest BCUT2D eigenvalue weighted by Gasteiger charge is -2.47. The van der Waals surface area contributed by atoms with Gasteiger partial charge < -0.3 is 70.4 Å². The lowest BCUT2D eigenvalue weighted by molar-refractivity contribution is -0.347. The molecule has 0 radical (unpaired) electrons. The maximum absolute atomic E-state index is 13.4. The number of aromatic amines is 1. The number of carbonyl (C=O) groups excluding carboxylic acids is 2. The Bertz CT molecular complexity index is 1650. The van der Waals surface area contributed by atoms with Gasteiger partial charge >= 0.3 is 5.69 Å². The summed E-state index contributed by atoms with van der Waals surface area (Å²) in [6, 6.07) is -1.93. The van der Waals surface area contributed by atoms with Crippen LogP contribution in [-0.4, -0.2) is 155 Å². The summed E-state index contributed by atoms with van der Waals surface area (Å²) in [5.41, 5.74) is -1.67. The Kier molecular flexibility index (Phi) is 24.0. The number of H-pyrrole nitrogens is 1. The van der Waals surface area contributed by atoms with Gasteiger partial charge in [-0.1, -0.05) is 117 Å². The number of carbonyl (C=O) groups is 2. The zero-order chi connectivity index (χ0) is 47.5. The average Bonchev–Trinajstić information content (AvgIpc) is 3.57. The van der Waals surface area contributed by atoms with Crippen LogP contribution < -0.4 is 21.9 Å². The van der Waals surface area contributed by atoms with Crippen molar-refractivity contribution >= 4 is 11.8 Å². The van der Waals surface area contributed by atoms with Gasteiger partial charge in [-0.3, -0.25) is 23.9 Å². The van der Waals surface area contributed by atoms with Crippen LogP contribution in [0.15, 0.2) is 21.9 Å². The van der Waals surface area contributed by atoms with Crippen LogP contribution in [0.25, 0.3) is 0 Å². The number of hydrogen-bond acceptors (Lipinski definition) is 16. The van der Waals surface area contributed by atoms with Crippen molar-refractivity contribution in [3.8, 4) is 0 Å². The number of unbranched alkanes of at least 4 members (excludes halogenated alkanes) is 16. The Hall–Kier alpha value is -2.86. The van der Waals surface area contributed by atoms with Crippen molar-refractivity contribution in [2.75, 3.05) is 6.61 Å². The highest BCUT2D eigenvalue weighted by Crippen LogP contribution is 2.34. The van der Waals surface area contributed by atoms with E-state index >= 15 is 0 Å². The number of nitrogens with one attached hydrogen (secondary N) is 3. The molecule has 4 heterocycles. The lowest BCUT2D eigenvalue weighted by Crippen LogP contribution is -2.69.